The van der Waals surface area contributed by atoms with Gasteiger partial charge in [0.25, 0.3) is 0 Å². The van der Waals surface area contributed by atoms with Crippen LogP contribution in [-0.4, -0.2) is 59.0 Å². The number of aromatic nitrogens is 2. The van der Waals surface area contributed by atoms with Gasteiger partial charge in [-0.2, -0.15) is 0 Å². The fraction of sp³-hybridized carbons (Fsp3) is 0.556. The Morgan fingerprint density at radius 3 is 2.92 bits per heavy atom. The van der Waals surface area contributed by atoms with E-state index in [1.54, 1.807) is 25.3 Å². The third-order valence-corrected chi connectivity index (χ3v) is 4.90. The van der Waals surface area contributed by atoms with E-state index in [1.165, 1.54) is 0 Å². The maximum absolute atomic E-state index is 12.6. The largest absolute Gasteiger partial charge is 0.467 e. The van der Waals surface area contributed by atoms with Crippen molar-refractivity contribution in [1.82, 2.24) is 19.8 Å². The van der Waals surface area contributed by atoms with E-state index in [1.807, 2.05) is 26.0 Å². The van der Waals surface area contributed by atoms with E-state index in [0.29, 0.717) is 13.1 Å². The van der Waals surface area contributed by atoms with E-state index in [2.05, 4.69) is 14.9 Å². The lowest BCUT2D eigenvalue weighted by Gasteiger charge is -2.25. The predicted molar refractivity (Wildman–Crippen MR) is 93.0 cm³/mol. The first-order valence-corrected chi connectivity index (χ1v) is 8.54. The van der Waals surface area contributed by atoms with Crippen molar-refractivity contribution in [3.63, 3.8) is 0 Å². The van der Waals surface area contributed by atoms with Crippen molar-refractivity contribution in [2.75, 3.05) is 27.2 Å². The molecule has 1 N–H and O–H groups in total. The van der Waals surface area contributed by atoms with Crippen LogP contribution in [0.25, 0.3) is 0 Å². The molecule has 0 radical (unpaired) electrons. The van der Waals surface area contributed by atoms with Crippen molar-refractivity contribution in [1.29, 1.82) is 0 Å². The van der Waals surface area contributed by atoms with E-state index < -0.39 is 0 Å². The monoisotopic (exact) mass is 346 g/mol. The first-order valence-electron chi connectivity index (χ1n) is 8.54. The van der Waals surface area contributed by atoms with E-state index in [-0.39, 0.29) is 18.1 Å². The van der Waals surface area contributed by atoms with Crippen LogP contribution in [0.15, 0.2) is 22.8 Å². The molecule has 2 aromatic rings. The SMILES string of the molecule is CO[C@@H]1C[C@@H](c2nc(C)c(C)[nH]2)N(CC(=O)N(C)Cc2ccco2)C1. The Bertz CT molecular complexity index is 690. The Hall–Kier alpha value is -2.12. The van der Waals surface area contributed by atoms with E-state index >= 15 is 0 Å². The van der Waals surface area contributed by atoms with Gasteiger partial charge in [0.15, 0.2) is 0 Å². The first kappa shape index (κ1) is 17.7. The van der Waals surface area contributed by atoms with Crippen molar-refractivity contribution in [2.24, 2.45) is 0 Å². The molecular weight excluding hydrogens is 320 g/mol. The number of hydrogen-bond acceptors (Lipinski definition) is 5. The van der Waals surface area contributed by atoms with Crippen LogP contribution >= 0.6 is 0 Å². The number of furan rings is 1. The number of aryl methyl sites for hydroxylation is 2. The van der Waals surface area contributed by atoms with Gasteiger partial charge in [0, 0.05) is 26.4 Å². The summed E-state index contributed by atoms with van der Waals surface area (Å²) in [5.41, 5.74) is 2.06. The molecule has 3 rings (SSSR count). The average Bonchev–Trinajstić information content (AvgIpc) is 3.29. The summed E-state index contributed by atoms with van der Waals surface area (Å²) in [6.07, 6.45) is 2.56. The first-order chi connectivity index (χ1) is 12.0. The van der Waals surface area contributed by atoms with Gasteiger partial charge >= 0.3 is 0 Å². The Labute approximate surface area is 148 Å². The number of nitrogens with zero attached hydrogens (tertiary/aromatic N) is 3. The highest BCUT2D eigenvalue weighted by molar-refractivity contribution is 5.78. The summed E-state index contributed by atoms with van der Waals surface area (Å²) < 4.78 is 10.9. The molecule has 2 aromatic heterocycles. The number of hydrogen-bond donors (Lipinski definition) is 1. The number of nitrogens with one attached hydrogen (secondary N) is 1. The van der Waals surface area contributed by atoms with Gasteiger partial charge in [-0.05, 0) is 32.4 Å². The van der Waals surface area contributed by atoms with Crippen LogP contribution in [0.3, 0.4) is 0 Å². The number of imidazole rings is 1. The zero-order chi connectivity index (χ0) is 18.0. The highest BCUT2D eigenvalue weighted by Gasteiger charge is 2.36. The van der Waals surface area contributed by atoms with E-state index in [4.69, 9.17) is 9.15 Å². The molecule has 1 amide bonds. The molecule has 0 aliphatic carbocycles. The molecule has 1 aliphatic rings. The predicted octanol–water partition coefficient (Wildman–Crippen LogP) is 2.04. The van der Waals surface area contributed by atoms with Crippen LogP contribution in [0.5, 0.6) is 0 Å². The molecule has 0 aromatic carbocycles. The molecule has 1 aliphatic heterocycles. The van der Waals surface area contributed by atoms with Crippen molar-refractivity contribution < 1.29 is 13.9 Å². The Balaban J connectivity index is 1.68. The van der Waals surface area contributed by atoms with Gasteiger partial charge in [-0.15, -0.1) is 0 Å². The lowest BCUT2D eigenvalue weighted by atomic mass is 10.2. The lowest BCUT2D eigenvalue weighted by molar-refractivity contribution is -0.132. The zero-order valence-electron chi connectivity index (χ0n) is 15.3. The maximum atomic E-state index is 12.6. The molecule has 0 saturated carbocycles. The van der Waals surface area contributed by atoms with Gasteiger partial charge in [-0.1, -0.05) is 0 Å². The topological polar surface area (TPSA) is 74.6 Å². The second-order valence-corrected chi connectivity index (χ2v) is 6.70. The fourth-order valence-electron chi connectivity index (χ4n) is 3.24. The minimum absolute atomic E-state index is 0.0538. The number of H-pyrrole nitrogens is 1. The van der Waals surface area contributed by atoms with Crippen molar-refractivity contribution in [3.05, 3.63) is 41.4 Å². The van der Waals surface area contributed by atoms with Crippen LogP contribution in [0.2, 0.25) is 0 Å². The molecule has 2 atom stereocenters. The maximum Gasteiger partial charge on any atom is 0.236 e. The van der Waals surface area contributed by atoms with Crippen LogP contribution in [-0.2, 0) is 16.1 Å². The van der Waals surface area contributed by atoms with Gasteiger partial charge in [0.05, 0.1) is 37.2 Å². The van der Waals surface area contributed by atoms with Crippen LogP contribution in [0.4, 0.5) is 0 Å². The summed E-state index contributed by atoms with van der Waals surface area (Å²) in [4.78, 5) is 24.5. The summed E-state index contributed by atoms with van der Waals surface area (Å²) in [6, 6.07) is 3.77. The number of rotatable bonds is 6. The molecule has 25 heavy (non-hydrogen) atoms. The van der Waals surface area contributed by atoms with Crippen molar-refractivity contribution in [2.45, 2.75) is 39.0 Å². The molecule has 7 nitrogen and oxygen atoms in total. The minimum Gasteiger partial charge on any atom is -0.467 e. The molecular formula is C18H26N4O3. The lowest BCUT2D eigenvalue weighted by Crippen LogP contribution is -2.38. The van der Waals surface area contributed by atoms with E-state index in [0.717, 1.165) is 35.9 Å². The molecule has 7 heteroatoms. The molecule has 136 valence electrons. The normalized spacial score (nSPS) is 21.0. The summed E-state index contributed by atoms with van der Waals surface area (Å²) in [6.45, 7) is 5.53. The Morgan fingerprint density at radius 1 is 1.52 bits per heavy atom. The summed E-state index contributed by atoms with van der Waals surface area (Å²) >= 11 is 0. The van der Waals surface area contributed by atoms with Gasteiger partial charge in [-0.3, -0.25) is 9.69 Å². The number of amides is 1. The Kier molecular flexibility index (Phi) is 5.24. The van der Waals surface area contributed by atoms with Crippen LogP contribution in [0, 0.1) is 13.8 Å². The third kappa shape index (κ3) is 3.93. The molecule has 0 spiro atoms. The van der Waals surface area contributed by atoms with Gasteiger partial charge in [-0.25, -0.2) is 4.98 Å². The third-order valence-electron chi connectivity index (χ3n) is 4.90. The van der Waals surface area contributed by atoms with Crippen LogP contribution in [0.1, 0.15) is 35.4 Å². The van der Waals surface area contributed by atoms with Crippen molar-refractivity contribution in [3.8, 4) is 0 Å². The molecule has 1 saturated heterocycles. The van der Waals surface area contributed by atoms with Gasteiger partial charge < -0.3 is 19.0 Å². The number of likely N-dealkylation sites (tertiary alicyclic amines) is 1. The minimum atomic E-state index is 0.0538. The summed E-state index contributed by atoms with van der Waals surface area (Å²) in [7, 11) is 3.51. The second kappa shape index (κ2) is 7.41. The zero-order valence-corrected chi connectivity index (χ0v) is 15.3. The smallest absolute Gasteiger partial charge is 0.236 e. The van der Waals surface area contributed by atoms with Gasteiger partial charge in [0.2, 0.25) is 5.91 Å². The highest BCUT2D eigenvalue weighted by atomic mass is 16.5. The number of likely N-dealkylation sites (N-methyl/N-ethyl adjacent to an activating group) is 1. The summed E-state index contributed by atoms with van der Waals surface area (Å²) in [5.74, 6) is 1.75. The summed E-state index contributed by atoms with van der Waals surface area (Å²) in [5, 5.41) is 0. The standard InChI is InChI=1S/C18H26N4O3/c1-12-13(2)20-18(19-12)16-8-15(24-4)10-22(16)11-17(23)21(3)9-14-6-5-7-25-14/h5-7,15-16H,8-11H2,1-4H3,(H,19,20)/t15-,16+/m1/s1. The van der Waals surface area contributed by atoms with E-state index in [9.17, 15) is 4.79 Å². The number of carbonyl (C=O) groups is 1. The quantitative estimate of drug-likeness (QED) is 0.866. The van der Waals surface area contributed by atoms with Gasteiger partial charge in [0.1, 0.15) is 11.6 Å². The number of methoxy groups -OCH3 is 1. The number of aromatic amines is 1. The highest BCUT2D eigenvalue weighted by Crippen LogP contribution is 2.32. The fourth-order valence-corrected chi connectivity index (χ4v) is 3.24. The second-order valence-electron chi connectivity index (χ2n) is 6.70. The Morgan fingerprint density at radius 2 is 2.32 bits per heavy atom. The molecule has 3 heterocycles. The molecule has 0 unspecified atom stereocenters. The van der Waals surface area contributed by atoms with Crippen LogP contribution < -0.4 is 0 Å². The number of carbonyl (C=O) groups excluding carboxylic acids is 1. The average molecular weight is 346 g/mol. The molecule has 0 bridgehead atoms. The molecule has 1 fully saturated rings. The number of ether oxygens (including phenoxy) is 1. The van der Waals surface area contributed by atoms with Crippen molar-refractivity contribution >= 4 is 5.91 Å².